The van der Waals surface area contributed by atoms with Gasteiger partial charge < -0.3 is 0 Å². The number of nitrogens with zero attached hydrogens (tertiary/aromatic N) is 2. The molecule has 2 nitrogen and oxygen atoms in total. The first-order valence-corrected chi connectivity index (χ1v) is 10.0. The molecule has 1 aliphatic heterocycles. The molecule has 0 N–H and O–H groups in total. The van der Waals surface area contributed by atoms with Crippen LogP contribution in [0.5, 0.6) is 0 Å². The molecule has 0 saturated carbocycles. The molecule has 0 aliphatic carbocycles. The summed E-state index contributed by atoms with van der Waals surface area (Å²) in [5.74, 6) is 0. The predicted octanol–water partition coefficient (Wildman–Crippen LogP) is 7.48. The lowest BCUT2D eigenvalue weighted by molar-refractivity contribution is -0.137. The lowest BCUT2D eigenvalue weighted by Crippen LogP contribution is -2.19. The number of hydrazone groups is 1. The summed E-state index contributed by atoms with van der Waals surface area (Å²) < 4.78 is 40.7. The van der Waals surface area contributed by atoms with E-state index >= 15 is 0 Å². The second-order valence-electron chi connectivity index (χ2n) is 6.69. The van der Waals surface area contributed by atoms with Crippen molar-refractivity contribution in [3.8, 4) is 0 Å². The summed E-state index contributed by atoms with van der Waals surface area (Å²) in [6, 6.07) is 19.9. The number of hydrogen-bond donors (Lipinski definition) is 0. The van der Waals surface area contributed by atoms with Crippen LogP contribution in [0.15, 0.2) is 82.4 Å². The standard InChI is InChI=1S/C22H15BrClF3N2/c23-16-10-8-14(9-11-16)20-13-21(18-6-1-2-7-19(18)24)29(28-20)17-5-3-4-15(12-17)22(25,26)27/h1-12,21H,13H2. The third-order valence-corrected chi connectivity index (χ3v) is 5.66. The Morgan fingerprint density at radius 3 is 2.38 bits per heavy atom. The fourth-order valence-corrected chi connectivity index (χ4v) is 3.90. The Kier molecular flexibility index (Phi) is 5.40. The van der Waals surface area contributed by atoms with Crippen LogP contribution >= 0.6 is 27.5 Å². The van der Waals surface area contributed by atoms with Gasteiger partial charge in [0.2, 0.25) is 0 Å². The molecular weight excluding hydrogens is 465 g/mol. The normalized spacial score (nSPS) is 16.8. The fourth-order valence-electron chi connectivity index (χ4n) is 3.38. The van der Waals surface area contributed by atoms with E-state index in [2.05, 4.69) is 21.0 Å². The molecule has 148 valence electrons. The molecule has 1 atom stereocenters. The second-order valence-corrected chi connectivity index (χ2v) is 8.01. The maximum Gasteiger partial charge on any atom is 0.416 e. The second kappa shape index (κ2) is 7.84. The van der Waals surface area contributed by atoms with E-state index in [1.807, 2.05) is 42.5 Å². The van der Waals surface area contributed by atoms with Gasteiger partial charge in [0.15, 0.2) is 0 Å². The van der Waals surface area contributed by atoms with Gasteiger partial charge in [-0.3, -0.25) is 5.01 Å². The molecule has 1 aliphatic rings. The summed E-state index contributed by atoms with van der Waals surface area (Å²) in [6.07, 6.45) is -3.89. The Morgan fingerprint density at radius 1 is 0.966 bits per heavy atom. The van der Waals surface area contributed by atoms with Crippen LogP contribution in [0.25, 0.3) is 0 Å². The average Bonchev–Trinajstić information content (AvgIpc) is 3.13. The highest BCUT2D eigenvalue weighted by molar-refractivity contribution is 9.10. The third-order valence-electron chi connectivity index (χ3n) is 4.79. The molecule has 29 heavy (non-hydrogen) atoms. The van der Waals surface area contributed by atoms with Crippen molar-refractivity contribution in [2.45, 2.75) is 18.6 Å². The van der Waals surface area contributed by atoms with Crippen LogP contribution in [0.2, 0.25) is 5.02 Å². The monoisotopic (exact) mass is 478 g/mol. The van der Waals surface area contributed by atoms with E-state index < -0.39 is 11.7 Å². The van der Waals surface area contributed by atoms with Gasteiger partial charge in [0.1, 0.15) is 0 Å². The fraction of sp³-hybridized carbons (Fsp3) is 0.136. The van der Waals surface area contributed by atoms with Gasteiger partial charge in [-0.15, -0.1) is 0 Å². The third kappa shape index (κ3) is 4.19. The minimum atomic E-state index is -4.42. The van der Waals surface area contributed by atoms with Crippen LogP contribution in [0.4, 0.5) is 18.9 Å². The van der Waals surface area contributed by atoms with Crippen LogP contribution in [-0.2, 0) is 6.18 Å². The molecule has 0 amide bonds. The number of benzene rings is 3. The molecule has 4 rings (SSSR count). The molecule has 0 radical (unpaired) electrons. The van der Waals surface area contributed by atoms with Crippen molar-refractivity contribution in [2.75, 3.05) is 5.01 Å². The highest BCUT2D eigenvalue weighted by Gasteiger charge is 2.34. The van der Waals surface area contributed by atoms with Crippen LogP contribution in [0.3, 0.4) is 0 Å². The Balaban J connectivity index is 1.80. The zero-order valence-electron chi connectivity index (χ0n) is 15.0. The van der Waals surface area contributed by atoms with Crippen LogP contribution < -0.4 is 5.01 Å². The average molecular weight is 480 g/mol. The molecular formula is C22H15BrClF3N2. The van der Waals surface area contributed by atoms with Crippen molar-refractivity contribution in [2.24, 2.45) is 5.10 Å². The van der Waals surface area contributed by atoms with Crippen LogP contribution in [-0.4, -0.2) is 5.71 Å². The van der Waals surface area contributed by atoms with Crippen molar-refractivity contribution < 1.29 is 13.2 Å². The van der Waals surface area contributed by atoms with Gasteiger partial charge >= 0.3 is 6.18 Å². The molecule has 0 aromatic heterocycles. The smallest absolute Gasteiger partial charge is 0.257 e. The summed E-state index contributed by atoms with van der Waals surface area (Å²) in [6.45, 7) is 0. The highest BCUT2D eigenvalue weighted by Crippen LogP contribution is 2.41. The van der Waals surface area contributed by atoms with Crippen molar-refractivity contribution in [3.63, 3.8) is 0 Å². The molecule has 3 aromatic rings. The van der Waals surface area contributed by atoms with Gasteiger partial charge in [0.25, 0.3) is 0 Å². The van der Waals surface area contributed by atoms with Gasteiger partial charge in [-0.2, -0.15) is 18.3 Å². The zero-order valence-corrected chi connectivity index (χ0v) is 17.3. The van der Waals surface area contributed by atoms with E-state index in [-0.39, 0.29) is 6.04 Å². The summed E-state index contributed by atoms with van der Waals surface area (Å²) in [4.78, 5) is 0. The molecule has 7 heteroatoms. The molecule has 3 aromatic carbocycles. The van der Waals surface area contributed by atoms with Crippen LogP contribution in [0, 0.1) is 0 Å². The van der Waals surface area contributed by atoms with Gasteiger partial charge in [0, 0.05) is 15.9 Å². The van der Waals surface area contributed by atoms with Gasteiger partial charge in [-0.25, -0.2) is 0 Å². The topological polar surface area (TPSA) is 15.6 Å². The minimum absolute atomic E-state index is 0.300. The molecule has 1 unspecified atom stereocenters. The minimum Gasteiger partial charge on any atom is -0.257 e. The lowest BCUT2D eigenvalue weighted by atomic mass is 9.98. The van der Waals surface area contributed by atoms with Crippen LogP contribution in [0.1, 0.15) is 29.2 Å². The van der Waals surface area contributed by atoms with E-state index in [9.17, 15) is 13.2 Å². The predicted molar refractivity (Wildman–Crippen MR) is 113 cm³/mol. The van der Waals surface area contributed by atoms with Gasteiger partial charge in [-0.1, -0.05) is 63.9 Å². The maximum absolute atomic E-state index is 13.2. The van der Waals surface area contributed by atoms with Crippen molar-refractivity contribution >= 4 is 38.9 Å². The Labute approximate surface area is 179 Å². The SMILES string of the molecule is FC(F)(F)c1cccc(N2N=C(c3ccc(Br)cc3)CC2c2ccccc2Cl)c1. The zero-order chi connectivity index (χ0) is 20.6. The lowest BCUT2D eigenvalue weighted by Gasteiger charge is -2.25. The van der Waals surface area contributed by atoms with E-state index in [0.717, 1.165) is 33.4 Å². The summed E-state index contributed by atoms with van der Waals surface area (Å²) in [7, 11) is 0. The van der Waals surface area contributed by atoms with E-state index in [1.165, 1.54) is 6.07 Å². The number of rotatable bonds is 3. The summed E-state index contributed by atoms with van der Waals surface area (Å²) in [5.41, 5.74) is 2.19. The number of hydrogen-bond acceptors (Lipinski definition) is 2. The Morgan fingerprint density at radius 2 is 1.69 bits per heavy atom. The largest absolute Gasteiger partial charge is 0.416 e. The van der Waals surface area contributed by atoms with Gasteiger partial charge in [-0.05, 0) is 47.5 Å². The first-order valence-electron chi connectivity index (χ1n) is 8.87. The molecule has 0 fully saturated rings. The number of alkyl halides is 3. The Bertz CT molecular complexity index is 1060. The maximum atomic E-state index is 13.2. The van der Waals surface area contributed by atoms with Gasteiger partial charge in [0.05, 0.1) is 23.0 Å². The molecule has 0 spiro atoms. The molecule has 1 heterocycles. The van der Waals surface area contributed by atoms with E-state index in [0.29, 0.717) is 17.1 Å². The first kappa shape index (κ1) is 20.0. The molecule has 0 saturated heterocycles. The number of halogens is 5. The molecule has 0 bridgehead atoms. The number of anilines is 1. The van der Waals surface area contributed by atoms with Crippen molar-refractivity contribution in [3.05, 3.63) is 99.0 Å². The van der Waals surface area contributed by atoms with Crippen molar-refractivity contribution in [1.82, 2.24) is 0 Å². The Hall–Kier alpha value is -2.31. The summed E-state index contributed by atoms with van der Waals surface area (Å²) >= 11 is 9.82. The quantitative estimate of drug-likeness (QED) is 0.380. The highest BCUT2D eigenvalue weighted by atomic mass is 79.9. The van der Waals surface area contributed by atoms with Crippen molar-refractivity contribution in [1.29, 1.82) is 0 Å². The van der Waals surface area contributed by atoms with E-state index in [4.69, 9.17) is 11.6 Å². The summed E-state index contributed by atoms with van der Waals surface area (Å²) in [5, 5.41) is 6.88. The van der Waals surface area contributed by atoms with E-state index in [1.54, 1.807) is 17.1 Å². The first-order chi connectivity index (χ1) is 13.8.